The molecule has 0 aliphatic rings. The molecule has 75 heavy (non-hydrogen) atoms. The van der Waals surface area contributed by atoms with Gasteiger partial charge < -0.3 is 18.9 Å². The number of unbranched alkanes of at least 4 members (excludes halogenated alkanes) is 25. The predicted molar refractivity (Wildman–Crippen MR) is 321 cm³/mol. The number of hydrogen-bond acceptors (Lipinski definition) is 7. The highest BCUT2D eigenvalue weighted by atomic mass is 31.2. The monoisotopic (exact) mass is 1070 g/mol. The van der Waals surface area contributed by atoms with E-state index in [1.807, 2.05) is 21.1 Å². The van der Waals surface area contributed by atoms with Gasteiger partial charge in [0.05, 0.1) is 27.7 Å². The van der Waals surface area contributed by atoms with Crippen molar-refractivity contribution < 1.29 is 42.1 Å². The fraction of sp³-hybridized carbons (Fsp3) is 0.723. The molecule has 1 N–H and O–H groups in total. The Kier molecular flexibility index (Phi) is 53.4. The van der Waals surface area contributed by atoms with Crippen molar-refractivity contribution in [1.29, 1.82) is 0 Å². The first-order valence-electron chi connectivity index (χ1n) is 30.5. The van der Waals surface area contributed by atoms with Crippen LogP contribution in [0, 0.1) is 0 Å². The fourth-order valence-electron chi connectivity index (χ4n) is 8.21. The number of nitrogens with zero attached hydrogens (tertiary/aromatic N) is 1. The number of likely N-dealkylation sites (N-methyl/N-ethyl adjacent to an activating group) is 1. The number of hydrogen-bond donors (Lipinski definition) is 1. The first-order valence-corrected chi connectivity index (χ1v) is 32.0. The van der Waals surface area contributed by atoms with Crippen LogP contribution in [0.1, 0.15) is 251 Å². The molecular formula is C65H115NO8P+. The van der Waals surface area contributed by atoms with E-state index in [1.54, 1.807) is 0 Å². The maximum absolute atomic E-state index is 12.8. The average molecular weight is 1070 g/mol. The van der Waals surface area contributed by atoms with Crippen LogP contribution in [0.3, 0.4) is 0 Å². The molecule has 0 radical (unpaired) electrons. The number of quaternary nitrogens is 1. The summed E-state index contributed by atoms with van der Waals surface area (Å²) in [6, 6.07) is 0. The third-order valence-corrected chi connectivity index (χ3v) is 13.9. The lowest BCUT2D eigenvalue weighted by Gasteiger charge is -2.24. The quantitative estimate of drug-likeness (QED) is 0.0211. The van der Waals surface area contributed by atoms with E-state index >= 15 is 0 Å². The minimum Gasteiger partial charge on any atom is -0.462 e. The summed E-state index contributed by atoms with van der Waals surface area (Å²) in [5, 5.41) is 0. The lowest BCUT2D eigenvalue weighted by atomic mass is 10.0. The first-order chi connectivity index (χ1) is 36.5. The van der Waals surface area contributed by atoms with Gasteiger partial charge in [-0.2, -0.15) is 0 Å². The second-order valence-corrected chi connectivity index (χ2v) is 22.8. The Morgan fingerprint density at radius 3 is 1.13 bits per heavy atom. The van der Waals surface area contributed by atoms with Gasteiger partial charge >= 0.3 is 19.8 Å². The van der Waals surface area contributed by atoms with Gasteiger partial charge in [0.2, 0.25) is 0 Å². The Bertz CT molecular complexity index is 1590. The molecule has 2 unspecified atom stereocenters. The largest absolute Gasteiger partial charge is 0.472 e. The van der Waals surface area contributed by atoms with Crippen molar-refractivity contribution in [3.05, 3.63) is 97.2 Å². The van der Waals surface area contributed by atoms with Crippen molar-refractivity contribution in [2.75, 3.05) is 47.5 Å². The van der Waals surface area contributed by atoms with Gasteiger partial charge in [0.1, 0.15) is 19.8 Å². The zero-order chi connectivity index (χ0) is 54.9. The minimum atomic E-state index is -4.38. The van der Waals surface area contributed by atoms with Crippen LogP contribution in [0.4, 0.5) is 0 Å². The summed E-state index contributed by atoms with van der Waals surface area (Å²) in [7, 11) is 1.48. The number of carbonyl (C=O) groups excluding carboxylic acids is 2. The predicted octanol–water partition coefficient (Wildman–Crippen LogP) is 19.2. The molecule has 432 valence electrons. The summed E-state index contributed by atoms with van der Waals surface area (Å²) in [5.74, 6) is -0.795. The first kappa shape index (κ1) is 71.9. The standard InChI is InChI=1S/C65H114NO8P/c1-6-8-10-12-14-16-18-19-20-21-22-23-24-25-26-27-28-29-30-31-32-33-34-35-36-37-38-39-40-41-42-43-44-45-46-47-48-50-52-54-56-58-65(68)74-63(62-73-75(69,70)72-60-59-66(3,4)5)61-71-64(67)57-55-53-51-49-17-15-13-11-9-7-2/h8,10,14,16,19-20,22-23,25-26,28-29,31-32,34-35,63H,6-7,9,11-13,15,17-18,21,24,27,30,33,36-62H2,1-5H3/p+1/b10-8-,16-14-,20-19-,23-22-,26-25-,29-28-,32-31-,35-34-. The SMILES string of the molecule is CC/C=C\C/C=C\C/C=C\C/C=C\C/C=C\C/C=C\C/C=C\C/C=C\CCCCCCCCCCCCCCCCCCC(=O)OC(COC(=O)CCCCCCCCCCCC)COP(=O)(O)OCC[N+](C)(C)C. The molecule has 0 aliphatic carbocycles. The van der Waals surface area contributed by atoms with Crippen LogP contribution in [0.15, 0.2) is 97.2 Å². The van der Waals surface area contributed by atoms with Crippen molar-refractivity contribution in [2.24, 2.45) is 0 Å². The molecule has 2 atom stereocenters. The number of phosphoric acid groups is 1. The summed E-state index contributed by atoms with van der Waals surface area (Å²) in [6.07, 6.45) is 76.5. The minimum absolute atomic E-state index is 0.0309. The number of allylic oxidation sites excluding steroid dienone is 16. The zero-order valence-electron chi connectivity index (χ0n) is 49.0. The molecule has 0 aliphatic heterocycles. The summed E-state index contributed by atoms with van der Waals surface area (Å²) >= 11 is 0. The lowest BCUT2D eigenvalue weighted by Crippen LogP contribution is -2.37. The van der Waals surface area contributed by atoms with Gasteiger partial charge in [0.15, 0.2) is 6.10 Å². The third-order valence-electron chi connectivity index (χ3n) is 12.9. The van der Waals surface area contributed by atoms with E-state index in [9.17, 15) is 19.0 Å². The van der Waals surface area contributed by atoms with Gasteiger partial charge in [-0.3, -0.25) is 18.6 Å². The maximum Gasteiger partial charge on any atom is 0.472 e. The molecule has 0 aromatic carbocycles. The molecule has 0 aromatic rings. The zero-order valence-corrected chi connectivity index (χ0v) is 49.9. The molecule has 0 heterocycles. The van der Waals surface area contributed by atoms with Crippen LogP contribution in [-0.4, -0.2) is 74.9 Å². The van der Waals surface area contributed by atoms with Crippen LogP contribution in [-0.2, 0) is 32.7 Å². The molecule has 0 saturated carbocycles. The van der Waals surface area contributed by atoms with Crippen LogP contribution in [0.5, 0.6) is 0 Å². The van der Waals surface area contributed by atoms with Gasteiger partial charge in [0, 0.05) is 12.8 Å². The highest BCUT2D eigenvalue weighted by Gasteiger charge is 2.27. The topological polar surface area (TPSA) is 108 Å². The Morgan fingerprint density at radius 1 is 0.427 bits per heavy atom. The van der Waals surface area contributed by atoms with Crippen molar-refractivity contribution in [3.63, 3.8) is 0 Å². The average Bonchev–Trinajstić information content (AvgIpc) is 3.37. The molecular weight excluding hydrogens is 954 g/mol. The van der Waals surface area contributed by atoms with Gasteiger partial charge in [-0.1, -0.05) is 259 Å². The van der Waals surface area contributed by atoms with Gasteiger partial charge in [-0.15, -0.1) is 0 Å². The highest BCUT2D eigenvalue weighted by Crippen LogP contribution is 2.43. The molecule has 0 amide bonds. The van der Waals surface area contributed by atoms with Crippen LogP contribution in [0.25, 0.3) is 0 Å². The molecule has 0 rings (SSSR count). The van der Waals surface area contributed by atoms with Crippen molar-refractivity contribution >= 4 is 19.8 Å². The van der Waals surface area contributed by atoms with E-state index in [4.69, 9.17) is 18.5 Å². The molecule has 9 nitrogen and oxygen atoms in total. The van der Waals surface area contributed by atoms with Gasteiger partial charge in [-0.25, -0.2) is 4.57 Å². The summed E-state index contributed by atoms with van der Waals surface area (Å²) in [5.41, 5.74) is 0. The fourth-order valence-corrected chi connectivity index (χ4v) is 8.95. The van der Waals surface area contributed by atoms with Crippen molar-refractivity contribution in [3.8, 4) is 0 Å². The number of esters is 2. The molecule has 0 fully saturated rings. The normalized spacial score (nSPS) is 13.9. The van der Waals surface area contributed by atoms with Crippen LogP contribution >= 0.6 is 7.82 Å². The smallest absolute Gasteiger partial charge is 0.462 e. The molecule has 0 saturated heterocycles. The van der Waals surface area contributed by atoms with E-state index in [0.717, 1.165) is 83.5 Å². The number of carbonyl (C=O) groups is 2. The summed E-state index contributed by atoms with van der Waals surface area (Å²) < 4.78 is 34.5. The van der Waals surface area contributed by atoms with Gasteiger partial charge in [-0.05, 0) is 77.0 Å². The van der Waals surface area contributed by atoms with E-state index in [-0.39, 0.29) is 32.0 Å². The van der Waals surface area contributed by atoms with E-state index in [1.165, 1.54) is 135 Å². The molecule has 10 heteroatoms. The molecule has 0 spiro atoms. The lowest BCUT2D eigenvalue weighted by molar-refractivity contribution is -0.870. The van der Waals surface area contributed by atoms with E-state index < -0.39 is 26.5 Å². The number of rotatable bonds is 55. The summed E-state index contributed by atoms with van der Waals surface area (Å²) in [6.45, 7) is 4.31. The maximum atomic E-state index is 12.8. The molecule has 0 aromatic heterocycles. The van der Waals surface area contributed by atoms with Crippen molar-refractivity contribution in [2.45, 2.75) is 258 Å². The second-order valence-electron chi connectivity index (χ2n) is 21.4. The second kappa shape index (κ2) is 55.7. The molecule has 0 bridgehead atoms. The third kappa shape index (κ3) is 60.0. The Labute approximate surface area is 462 Å². The Hall–Kier alpha value is -3.07. The van der Waals surface area contributed by atoms with E-state index in [0.29, 0.717) is 17.4 Å². The highest BCUT2D eigenvalue weighted by molar-refractivity contribution is 7.47. The van der Waals surface area contributed by atoms with Crippen LogP contribution < -0.4 is 0 Å². The number of ether oxygens (including phenoxy) is 2. The number of phosphoric ester groups is 1. The van der Waals surface area contributed by atoms with Crippen LogP contribution in [0.2, 0.25) is 0 Å². The van der Waals surface area contributed by atoms with Gasteiger partial charge in [0.25, 0.3) is 0 Å². The Morgan fingerprint density at radius 2 is 0.760 bits per heavy atom. The van der Waals surface area contributed by atoms with E-state index in [2.05, 4.69) is 111 Å². The summed E-state index contributed by atoms with van der Waals surface area (Å²) in [4.78, 5) is 35.5. The Balaban J connectivity index is 3.93. The van der Waals surface area contributed by atoms with Crippen molar-refractivity contribution in [1.82, 2.24) is 0 Å².